The molecule has 1 nitrogen and oxygen atoms in total. The SMILES string of the molecule is C=CCCC=CC1CO1. The molecule has 0 aromatic heterocycles. The minimum Gasteiger partial charge on any atom is -0.369 e. The number of hydrogen-bond donors (Lipinski definition) is 0. The van der Waals surface area contributed by atoms with Crippen LogP contribution in [0.5, 0.6) is 0 Å². The van der Waals surface area contributed by atoms with Crippen molar-refractivity contribution in [2.45, 2.75) is 18.9 Å². The molecule has 1 atom stereocenters. The number of unbranched alkanes of at least 4 members (excludes halogenated alkanes) is 1. The van der Waals surface area contributed by atoms with E-state index in [9.17, 15) is 0 Å². The van der Waals surface area contributed by atoms with Crippen LogP contribution < -0.4 is 0 Å². The van der Waals surface area contributed by atoms with Gasteiger partial charge < -0.3 is 4.74 Å². The van der Waals surface area contributed by atoms with E-state index in [4.69, 9.17) is 4.74 Å². The summed E-state index contributed by atoms with van der Waals surface area (Å²) >= 11 is 0. The summed E-state index contributed by atoms with van der Waals surface area (Å²) in [4.78, 5) is 0. The monoisotopic (exact) mass is 124 g/mol. The van der Waals surface area contributed by atoms with Gasteiger partial charge in [0.2, 0.25) is 0 Å². The topological polar surface area (TPSA) is 12.5 Å². The van der Waals surface area contributed by atoms with Gasteiger partial charge in [-0.3, -0.25) is 0 Å². The first-order valence-electron chi connectivity index (χ1n) is 3.32. The predicted octanol–water partition coefficient (Wildman–Crippen LogP) is 1.91. The van der Waals surface area contributed by atoms with E-state index in [-0.39, 0.29) is 0 Å². The van der Waals surface area contributed by atoms with Gasteiger partial charge in [0.25, 0.3) is 0 Å². The molecule has 0 N–H and O–H groups in total. The molecule has 0 aromatic rings. The lowest BCUT2D eigenvalue weighted by Crippen LogP contribution is -1.72. The summed E-state index contributed by atoms with van der Waals surface area (Å²) in [7, 11) is 0. The zero-order valence-corrected chi connectivity index (χ0v) is 5.55. The van der Waals surface area contributed by atoms with E-state index in [0.29, 0.717) is 6.10 Å². The molecular formula is C8H12O. The molecule has 1 aliphatic rings. The summed E-state index contributed by atoms with van der Waals surface area (Å²) in [5.41, 5.74) is 0. The molecule has 1 heterocycles. The van der Waals surface area contributed by atoms with Gasteiger partial charge in [0.05, 0.1) is 12.7 Å². The lowest BCUT2D eigenvalue weighted by atomic mass is 10.3. The van der Waals surface area contributed by atoms with Gasteiger partial charge in [-0.2, -0.15) is 0 Å². The summed E-state index contributed by atoms with van der Waals surface area (Å²) in [6, 6.07) is 0. The highest BCUT2D eigenvalue weighted by Crippen LogP contribution is 2.10. The molecule has 50 valence electrons. The number of epoxide rings is 1. The third-order valence-corrected chi connectivity index (χ3v) is 1.25. The van der Waals surface area contributed by atoms with Crippen molar-refractivity contribution in [3.05, 3.63) is 24.8 Å². The average Bonchev–Trinajstić information content (AvgIpc) is 2.63. The minimum absolute atomic E-state index is 0.440. The molecule has 1 aliphatic heterocycles. The Morgan fingerprint density at radius 2 is 2.33 bits per heavy atom. The molecule has 9 heavy (non-hydrogen) atoms. The summed E-state index contributed by atoms with van der Waals surface area (Å²) in [5.74, 6) is 0. The normalized spacial score (nSPS) is 24.7. The Bertz CT molecular complexity index is 112. The van der Waals surface area contributed by atoms with Gasteiger partial charge in [-0.1, -0.05) is 18.2 Å². The second-order valence-electron chi connectivity index (χ2n) is 2.17. The van der Waals surface area contributed by atoms with Crippen LogP contribution in [0, 0.1) is 0 Å². The van der Waals surface area contributed by atoms with Crippen molar-refractivity contribution < 1.29 is 4.74 Å². The molecule has 1 fully saturated rings. The summed E-state index contributed by atoms with van der Waals surface area (Å²) in [6.45, 7) is 4.55. The lowest BCUT2D eigenvalue weighted by molar-refractivity contribution is 0.439. The van der Waals surface area contributed by atoms with Crippen molar-refractivity contribution in [3.8, 4) is 0 Å². The summed E-state index contributed by atoms with van der Waals surface area (Å²) < 4.78 is 4.98. The van der Waals surface area contributed by atoms with Crippen molar-refractivity contribution in [2.75, 3.05) is 6.61 Å². The van der Waals surface area contributed by atoms with Crippen LogP contribution in [0.25, 0.3) is 0 Å². The third kappa shape index (κ3) is 3.09. The predicted molar refractivity (Wildman–Crippen MR) is 38.3 cm³/mol. The minimum atomic E-state index is 0.440. The zero-order chi connectivity index (χ0) is 6.53. The van der Waals surface area contributed by atoms with E-state index in [1.807, 2.05) is 6.08 Å². The van der Waals surface area contributed by atoms with Crippen LogP contribution in [0.3, 0.4) is 0 Å². The number of allylic oxidation sites excluding steroid dienone is 2. The van der Waals surface area contributed by atoms with E-state index in [2.05, 4.69) is 18.7 Å². The van der Waals surface area contributed by atoms with E-state index < -0.39 is 0 Å². The van der Waals surface area contributed by atoms with Gasteiger partial charge in [-0.15, -0.1) is 6.58 Å². The molecule has 0 aliphatic carbocycles. The molecule has 1 unspecified atom stereocenters. The second kappa shape index (κ2) is 3.46. The van der Waals surface area contributed by atoms with Gasteiger partial charge >= 0.3 is 0 Å². The molecule has 1 rings (SSSR count). The first-order valence-corrected chi connectivity index (χ1v) is 3.32. The van der Waals surface area contributed by atoms with Crippen molar-refractivity contribution >= 4 is 0 Å². The smallest absolute Gasteiger partial charge is 0.0991 e. The molecule has 0 amide bonds. The Morgan fingerprint density at radius 1 is 1.56 bits per heavy atom. The maximum Gasteiger partial charge on any atom is 0.0991 e. The van der Waals surface area contributed by atoms with E-state index in [1.165, 1.54) is 0 Å². The van der Waals surface area contributed by atoms with E-state index >= 15 is 0 Å². The standard InChI is InChI=1S/C8H12O/c1-2-3-4-5-6-8-7-9-8/h2,5-6,8H,1,3-4,7H2. The number of rotatable bonds is 4. The highest BCUT2D eigenvalue weighted by Gasteiger charge is 2.17. The van der Waals surface area contributed by atoms with Crippen molar-refractivity contribution in [3.63, 3.8) is 0 Å². The fourth-order valence-corrected chi connectivity index (χ4v) is 0.629. The van der Waals surface area contributed by atoms with E-state index in [0.717, 1.165) is 19.4 Å². The molecule has 1 saturated heterocycles. The maximum absolute atomic E-state index is 4.98. The first-order chi connectivity index (χ1) is 4.43. The van der Waals surface area contributed by atoms with Crippen molar-refractivity contribution in [2.24, 2.45) is 0 Å². The average molecular weight is 124 g/mol. The van der Waals surface area contributed by atoms with Crippen LogP contribution >= 0.6 is 0 Å². The molecule has 0 aromatic carbocycles. The van der Waals surface area contributed by atoms with Gasteiger partial charge in [0.15, 0.2) is 0 Å². The number of ether oxygens (including phenoxy) is 1. The highest BCUT2D eigenvalue weighted by molar-refractivity contribution is 4.96. The van der Waals surface area contributed by atoms with Crippen molar-refractivity contribution in [1.82, 2.24) is 0 Å². The van der Waals surface area contributed by atoms with Crippen LogP contribution in [0.15, 0.2) is 24.8 Å². The Morgan fingerprint density at radius 3 is 2.89 bits per heavy atom. The van der Waals surface area contributed by atoms with Gasteiger partial charge in [0.1, 0.15) is 0 Å². The fourth-order valence-electron chi connectivity index (χ4n) is 0.629. The summed E-state index contributed by atoms with van der Waals surface area (Å²) in [6.07, 6.45) is 8.81. The van der Waals surface area contributed by atoms with Crippen LogP contribution in [-0.4, -0.2) is 12.7 Å². The molecule has 1 heteroatoms. The Hall–Kier alpha value is -0.560. The maximum atomic E-state index is 4.98. The first kappa shape index (κ1) is 6.56. The number of hydrogen-bond acceptors (Lipinski definition) is 1. The Balaban J connectivity index is 1.95. The second-order valence-corrected chi connectivity index (χ2v) is 2.17. The lowest BCUT2D eigenvalue weighted by Gasteiger charge is -1.81. The highest BCUT2D eigenvalue weighted by atomic mass is 16.6. The van der Waals surface area contributed by atoms with Crippen LogP contribution in [0.4, 0.5) is 0 Å². The fraction of sp³-hybridized carbons (Fsp3) is 0.500. The van der Waals surface area contributed by atoms with Gasteiger partial charge in [-0.25, -0.2) is 0 Å². The zero-order valence-electron chi connectivity index (χ0n) is 5.55. The van der Waals surface area contributed by atoms with Crippen LogP contribution in [0.1, 0.15) is 12.8 Å². The largest absolute Gasteiger partial charge is 0.369 e. The molecule has 0 radical (unpaired) electrons. The van der Waals surface area contributed by atoms with Crippen molar-refractivity contribution in [1.29, 1.82) is 0 Å². The Kier molecular flexibility index (Phi) is 2.52. The summed E-state index contributed by atoms with van der Waals surface area (Å²) in [5, 5.41) is 0. The van der Waals surface area contributed by atoms with E-state index in [1.54, 1.807) is 0 Å². The van der Waals surface area contributed by atoms with Gasteiger partial charge in [-0.05, 0) is 12.8 Å². The van der Waals surface area contributed by atoms with Gasteiger partial charge in [0, 0.05) is 0 Å². The van der Waals surface area contributed by atoms with Crippen LogP contribution in [0.2, 0.25) is 0 Å². The quantitative estimate of drug-likeness (QED) is 0.317. The Labute approximate surface area is 56.0 Å². The molecule has 0 saturated carbocycles. The third-order valence-electron chi connectivity index (χ3n) is 1.25. The molecule has 0 spiro atoms. The van der Waals surface area contributed by atoms with Crippen LogP contribution in [-0.2, 0) is 4.74 Å². The molecule has 0 bridgehead atoms. The molecular weight excluding hydrogens is 112 g/mol.